The molecule has 20 heavy (non-hydrogen) atoms. The molecule has 5 heteroatoms. The molecule has 0 bridgehead atoms. The van der Waals surface area contributed by atoms with Crippen LogP contribution in [0.3, 0.4) is 0 Å². The fourth-order valence-electron chi connectivity index (χ4n) is 2.58. The van der Waals surface area contributed by atoms with Crippen molar-refractivity contribution < 1.29 is 19.8 Å². The van der Waals surface area contributed by atoms with Gasteiger partial charge in [-0.1, -0.05) is 6.92 Å². The van der Waals surface area contributed by atoms with E-state index < -0.39 is 5.97 Å². The Kier molecular flexibility index (Phi) is 4.27. The maximum absolute atomic E-state index is 12.2. The highest BCUT2D eigenvalue weighted by atomic mass is 16.4. The van der Waals surface area contributed by atoms with Gasteiger partial charge in [-0.25, -0.2) is 4.79 Å². The van der Waals surface area contributed by atoms with E-state index in [4.69, 9.17) is 5.11 Å². The zero-order chi connectivity index (χ0) is 14.7. The van der Waals surface area contributed by atoms with Crippen LogP contribution in [0.1, 0.15) is 43.0 Å². The van der Waals surface area contributed by atoms with Crippen molar-refractivity contribution >= 4 is 17.6 Å². The van der Waals surface area contributed by atoms with Crippen LogP contribution in [0.2, 0.25) is 0 Å². The van der Waals surface area contributed by atoms with Gasteiger partial charge in [0, 0.05) is 5.92 Å². The highest BCUT2D eigenvalue weighted by Crippen LogP contribution is 2.30. The summed E-state index contributed by atoms with van der Waals surface area (Å²) >= 11 is 0. The monoisotopic (exact) mass is 277 g/mol. The normalized spacial score (nSPS) is 22.2. The summed E-state index contributed by atoms with van der Waals surface area (Å²) < 4.78 is 0. The molecule has 2 rings (SSSR count). The molecule has 1 saturated carbocycles. The van der Waals surface area contributed by atoms with Crippen molar-refractivity contribution in [3.63, 3.8) is 0 Å². The third-order valence-corrected chi connectivity index (χ3v) is 3.88. The zero-order valence-electron chi connectivity index (χ0n) is 11.4. The van der Waals surface area contributed by atoms with Crippen LogP contribution in [0, 0.1) is 11.8 Å². The molecule has 1 fully saturated rings. The van der Waals surface area contributed by atoms with Crippen molar-refractivity contribution in [1.82, 2.24) is 0 Å². The van der Waals surface area contributed by atoms with E-state index in [0.717, 1.165) is 31.7 Å². The summed E-state index contributed by atoms with van der Waals surface area (Å²) in [6.45, 7) is 2.18. The molecule has 1 amide bonds. The van der Waals surface area contributed by atoms with E-state index in [-0.39, 0.29) is 28.8 Å². The van der Waals surface area contributed by atoms with Crippen molar-refractivity contribution in [2.45, 2.75) is 32.6 Å². The van der Waals surface area contributed by atoms with Gasteiger partial charge in [0.15, 0.2) is 0 Å². The van der Waals surface area contributed by atoms with Crippen LogP contribution in [0.25, 0.3) is 0 Å². The van der Waals surface area contributed by atoms with Gasteiger partial charge in [0.05, 0.1) is 11.3 Å². The van der Waals surface area contributed by atoms with Crippen molar-refractivity contribution in [3.8, 4) is 5.75 Å². The Bertz CT molecular complexity index is 519. The second-order valence-corrected chi connectivity index (χ2v) is 5.48. The second-order valence-electron chi connectivity index (χ2n) is 5.48. The Morgan fingerprint density at radius 3 is 2.45 bits per heavy atom. The molecular weight excluding hydrogens is 258 g/mol. The minimum absolute atomic E-state index is 0.0540. The molecule has 1 aromatic carbocycles. The number of anilines is 1. The number of phenols is 1. The van der Waals surface area contributed by atoms with Crippen LogP contribution in [-0.2, 0) is 4.79 Å². The van der Waals surface area contributed by atoms with Gasteiger partial charge in [-0.05, 0) is 49.8 Å². The Hall–Kier alpha value is -2.04. The number of amides is 1. The highest BCUT2D eigenvalue weighted by molar-refractivity contribution is 6.01. The molecular formula is C15H19NO4. The molecule has 0 heterocycles. The first-order valence-electron chi connectivity index (χ1n) is 6.84. The Labute approximate surface area is 117 Å². The number of nitrogens with one attached hydrogen (secondary N) is 1. The molecule has 0 aromatic heterocycles. The number of aromatic carboxylic acids is 1. The number of hydrogen-bond donors (Lipinski definition) is 3. The molecule has 0 aliphatic heterocycles. The number of aromatic hydroxyl groups is 1. The van der Waals surface area contributed by atoms with Crippen LogP contribution in [-0.4, -0.2) is 22.1 Å². The highest BCUT2D eigenvalue weighted by Gasteiger charge is 2.25. The standard InChI is InChI=1S/C15H19NO4/c1-9-2-4-10(5-3-9)14(18)16-13-7-6-11(17)8-12(13)15(19)20/h6-10,17H,2-5H2,1H3,(H,16,18)(H,19,20). The quantitative estimate of drug-likeness (QED) is 0.741. The number of hydrogen-bond acceptors (Lipinski definition) is 3. The summed E-state index contributed by atoms with van der Waals surface area (Å²) in [4.78, 5) is 23.3. The number of phenolic OH excluding ortho intramolecular Hbond substituents is 1. The lowest BCUT2D eigenvalue weighted by molar-refractivity contribution is -0.121. The molecule has 3 N–H and O–H groups in total. The van der Waals surface area contributed by atoms with Gasteiger partial charge in [-0.15, -0.1) is 0 Å². The molecule has 1 aliphatic carbocycles. The van der Waals surface area contributed by atoms with Crippen molar-refractivity contribution in [2.75, 3.05) is 5.32 Å². The molecule has 1 aromatic rings. The predicted octanol–water partition coefficient (Wildman–Crippen LogP) is 2.86. The number of carbonyl (C=O) groups is 2. The molecule has 0 unspecified atom stereocenters. The summed E-state index contributed by atoms with van der Waals surface area (Å²) in [5.41, 5.74) is 0.140. The van der Waals surface area contributed by atoms with Gasteiger partial charge in [0.2, 0.25) is 5.91 Å². The predicted molar refractivity (Wildman–Crippen MR) is 74.8 cm³/mol. The molecule has 0 radical (unpaired) electrons. The van der Waals surface area contributed by atoms with Gasteiger partial charge in [-0.3, -0.25) is 4.79 Å². The molecule has 0 spiro atoms. The number of carboxylic acids is 1. The maximum Gasteiger partial charge on any atom is 0.337 e. The zero-order valence-corrected chi connectivity index (χ0v) is 11.4. The van der Waals surface area contributed by atoms with Crippen molar-refractivity contribution in [1.29, 1.82) is 0 Å². The van der Waals surface area contributed by atoms with E-state index in [1.54, 1.807) is 0 Å². The number of rotatable bonds is 3. The number of carboxylic acid groups (broad SMARTS) is 1. The summed E-state index contributed by atoms with van der Waals surface area (Å²) in [5.74, 6) is -0.839. The first kappa shape index (κ1) is 14.4. The summed E-state index contributed by atoms with van der Waals surface area (Å²) in [6, 6.07) is 3.92. The van der Waals surface area contributed by atoms with Gasteiger partial charge < -0.3 is 15.5 Å². The lowest BCUT2D eigenvalue weighted by Gasteiger charge is -2.25. The van der Waals surface area contributed by atoms with Crippen molar-refractivity contribution in [2.24, 2.45) is 11.8 Å². The van der Waals surface area contributed by atoms with E-state index in [0.29, 0.717) is 5.92 Å². The average Bonchev–Trinajstić information content (AvgIpc) is 2.41. The Morgan fingerprint density at radius 1 is 1.20 bits per heavy atom. The largest absolute Gasteiger partial charge is 0.508 e. The summed E-state index contributed by atoms with van der Waals surface area (Å²) in [6.07, 6.45) is 3.74. The molecule has 0 atom stereocenters. The van der Waals surface area contributed by atoms with E-state index in [9.17, 15) is 14.7 Å². The van der Waals surface area contributed by atoms with Crippen LogP contribution in [0.5, 0.6) is 5.75 Å². The third-order valence-electron chi connectivity index (χ3n) is 3.88. The van der Waals surface area contributed by atoms with Crippen LogP contribution < -0.4 is 5.32 Å². The van der Waals surface area contributed by atoms with Gasteiger partial charge >= 0.3 is 5.97 Å². The maximum atomic E-state index is 12.2. The first-order valence-corrected chi connectivity index (χ1v) is 6.84. The van der Waals surface area contributed by atoms with Gasteiger partial charge in [0.25, 0.3) is 0 Å². The SMILES string of the molecule is CC1CCC(C(=O)Nc2ccc(O)cc2C(=O)O)CC1. The average molecular weight is 277 g/mol. The Morgan fingerprint density at radius 2 is 1.85 bits per heavy atom. The van der Waals surface area contributed by atoms with Gasteiger partial charge in [-0.2, -0.15) is 0 Å². The number of carbonyl (C=O) groups excluding carboxylic acids is 1. The smallest absolute Gasteiger partial charge is 0.337 e. The molecule has 5 nitrogen and oxygen atoms in total. The van der Waals surface area contributed by atoms with E-state index in [1.807, 2.05) is 0 Å². The lowest BCUT2D eigenvalue weighted by Crippen LogP contribution is -2.27. The van der Waals surface area contributed by atoms with Gasteiger partial charge in [0.1, 0.15) is 5.75 Å². The minimum Gasteiger partial charge on any atom is -0.508 e. The fourth-order valence-corrected chi connectivity index (χ4v) is 2.58. The van der Waals surface area contributed by atoms with Crippen molar-refractivity contribution in [3.05, 3.63) is 23.8 Å². The summed E-state index contributed by atoms with van der Waals surface area (Å²) in [7, 11) is 0. The second kappa shape index (κ2) is 5.94. The minimum atomic E-state index is -1.17. The van der Waals surface area contributed by atoms with E-state index in [2.05, 4.69) is 12.2 Å². The van der Waals surface area contributed by atoms with Crippen LogP contribution in [0.15, 0.2) is 18.2 Å². The molecule has 1 aliphatic rings. The van der Waals surface area contributed by atoms with Crippen LogP contribution in [0.4, 0.5) is 5.69 Å². The van der Waals surface area contributed by atoms with Crippen LogP contribution >= 0.6 is 0 Å². The summed E-state index contributed by atoms with van der Waals surface area (Å²) in [5, 5.41) is 21.1. The van der Waals surface area contributed by atoms with E-state index >= 15 is 0 Å². The topological polar surface area (TPSA) is 86.6 Å². The molecule has 108 valence electrons. The number of benzene rings is 1. The molecule has 0 saturated heterocycles. The third kappa shape index (κ3) is 3.29. The lowest BCUT2D eigenvalue weighted by atomic mass is 9.82. The Balaban J connectivity index is 2.10. The van der Waals surface area contributed by atoms with E-state index in [1.165, 1.54) is 12.1 Å². The first-order chi connectivity index (χ1) is 9.47. The fraction of sp³-hybridized carbons (Fsp3) is 0.467.